The summed E-state index contributed by atoms with van der Waals surface area (Å²) in [5.41, 5.74) is -1.62. The van der Waals surface area contributed by atoms with E-state index < -0.39 is 23.6 Å². The number of carboxylic acid groups (broad SMARTS) is 1. The molecule has 0 heterocycles. The minimum Gasteiger partial charge on any atom is -0.496 e. The van der Waals surface area contributed by atoms with Crippen LogP contribution in [-0.4, -0.2) is 54.4 Å². The van der Waals surface area contributed by atoms with Crippen molar-refractivity contribution in [3.8, 4) is 17.6 Å². The number of methoxy groups -OCH3 is 1. The van der Waals surface area contributed by atoms with Crippen LogP contribution in [0.15, 0.2) is 12.1 Å². The molecule has 5 rings (SSSR count). The topological polar surface area (TPSA) is 138 Å². The molecule has 4 saturated carbocycles. The number of carbonyl (C=O) groups excluding carboxylic acids is 2. The Labute approximate surface area is 246 Å². The molecule has 0 spiro atoms. The van der Waals surface area contributed by atoms with Crippen molar-refractivity contribution in [1.29, 1.82) is 5.26 Å². The first-order chi connectivity index (χ1) is 19.7. The molecule has 2 amide bonds. The molecular formula is C32H42FN3O6. The standard InChI is InChI=1S/C32H42FN3O6/c1-30(2)24(31(30,3)4)16-35-28(38)25-17-6-7-18(12-17)26(25)36-27(37)21-14-22(19(15-34)13-23(21)41-5)42-20-8-10-32(33,11-9-20)29(39)40/h13-14,17-18,20,24-26H,6-12,16H2,1-5H3,(H,35,38)(H,36,37)(H,39,40)/t17-,18+,20-,25+,26-,32-/m1/s1. The first-order valence-corrected chi connectivity index (χ1v) is 15.0. The number of nitrogens with zero attached hydrogens (tertiary/aromatic N) is 1. The van der Waals surface area contributed by atoms with Crippen molar-refractivity contribution in [2.24, 2.45) is 34.5 Å². The van der Waals surface area contributed by atoms with Gasteiger partial charge in [0.05, 0.1) is 30.3 Å². The number of benzene rings is 1. The third-order valence-corrected chi connectivity index (χ3v) is 11.4. The number of carboxylic acids is 1. The predicted octanol–water partition coefficient (Wildman–Crippen LogP) is 4.62. The average Bonchev–Trinajstić information content (AvgIpc) is 3.36. The highest BCUT2D eigenvalue weighted by Crippen LogP contribution is 2.68. The number of alkyl halides is 1. The molecule has 1 aromatic carbocycles. The van der Waals surface area contributed by atoms with Gasteiger partial charge >= 0.3 is 5.97 Å². The molecule has 1 aromatic rings. The molecule has 42 heavy (non-hydrogen) atoms. The lowest BCUT2D eigenvalue weighted by molar-refractivity contribution is -0.154. The Bertz CT molecular complexity index is 1300. The molecule has 228 valence electrons. The van der Waals surface area contributed by atoms with Crippen molar-refractivity contribution in [2.45, 2.75) is 90.5 Å². The summed E-state index contributed by atoms with van der Waals surface area (Å²) in [6.45, 7) is 9.53. The minimum absolute atomic E-state index is 0.00980. The molecule has 3 N–H and O–H groups in total. The molecule has 0 saturated heterocycles. The third-order valence-electron chi connectivity index (χ3n) is 11.4. The quantitative estimate of drug-likeness (QED) is 0.386. The van der Waals surface area contributed by atoms with Crippen LogP contribution in [0.4, 0.5) is 4.39 Å². The number of carbonyl (C=O) groups is 3. The number of nitrogens with one attached hydrogen (secondary N) is 2. The molecule has 0 radical (unpaired) electrons. The summed E-state index contributed by atoms with van der Waals surface area (Å²) in [6.07, 6.45) is 2.27. The van der Waals surface area contributed by atoms with Crippen molar-refractivity contribution < 1.29 is 33.4 Å². The molecule has 10 heteroatoms. The van der Waals surface area contributed by atoms with Crippen LogP contribution in [-0.2, 0) is 9.59 Å². The normalized spacial score (nSPS) is 32.5. The van der Waals surface area contributed by atoms with E-state index in [0.717, 1.165) is 19.3 Å². The number of hydrogen-bond donors (Lipinski definition) is 3. The zero-order valence-corrected chi connectivity index (χ0v) is 25.1. The van der Waals surface area contributed by atoms with Gasteiger partial charge in [-0.25, -0.2) is 9.18 Å². The second kappa shape index (κ2) is 10.7. The zero-order valence-electron chi connectivity index (χ0n) is 25.1. The number of ether oxygens (including phenoxy) is 2. The lowest BCUT2D eigenvalue weighted by Crippen LogP contribution is -2.50. The van der Waals surface area contributed by atoms with Gasteiger partial charge in [0, 0.05) is 18.7 Å². The van der Waals surface area contributed by atoms with E-state index in [1.807, 2.05) is 0 Å². The molecular weight excluding hydrogens is 541 g/mol. The zero-order chi connectivity index (χ0) is 30.6. The maximum atomic E-state index is 14.5. The summed E-state index contributed by atoms with van der Waals surface area (Å²) in [6, 6.07) is 4.65. The summed E-state index contributed by atoms with van der Waals surface area (Å²) < 4.78 is 26.0. The van der Waals surface area contributed by atoms with Gasteiger partial charge in [0.15, 0.2) is 0 Å². The maximum absolute atomic E-state index is 14.5. The van der Waals surface area contributed by atoms with Gasteiger partial charge in [-0.1, -0.05) is 27.7 Å². The number of amides is 2. The van der Waals surface area contributed by atoms with E-state index in [9.17, 15) is 29.1 Å². The lowest BCUT2D eigenvalue weighted by Gasteiger charge is -2.32. The number of hydrogen-bond acceptors (Lipinski definition) is 6. The van der Waals surface area contributed by atoms with Crippen molar-refractivity contribution in [1.82, 2.24) is 10.6 Å². The van der Waals surface area contributed by atoms with Crippen molar-refractivity contribution in [3.05, 3.63) is 23.3 Å². The van der Waals surface area contributed by atoms with Crippen molar-refractivity contribution in [3.63, 3.8) is 0 Å². The van der Waals surface area contributed by atoms with Crippen LogP contribution in [0, 0.1) is 45.8 Å². The van der Waals surface area contributed by atoms with E-state index in [1.54, 1.807) is 0 Å². The Kier molecular flexibility index (Phi) is 7.70. The van der Waals surface area contributed by atoms with Crippen LogP contribution in [0.3, 0.4) is 0 Å². The molecule has 9 nitrogen and oxygen atoms in total. The highest BCUT2D eigenvalue weighted by molar-refractivity contribution is 5.98. The molecule has 4 atom stereocenters. The molecule has 4 aliphatic rings. The second-order valence-electron chi connectivity index (χ2n) is 13.8. The summed E-state index contributed by atoms with van der Waals surface area (Å²) in [7, 11) is 1.41. The predicted molar refractivity (Wildman–Crippen MR) is 152 cm³/mol. The van der Waals surface area contributed by atoms with Gasteiger partial charge in [-0.3, -0.25) is 9.59 Å². The van der Waals surface area contributed by atoms with Gasteiger partial charge in [-0.2, -0.15) is 5.26 Å². The second-order valence-corrected chi connectivity index (χ2v) is 13.8. The van der Waals surface area contributed by atoms with E-state index in [0.29, 0.717) is 12.5 Å². The lowest BCUT2D eigenvalue weighted by atomic mass is 9.83. The monoisotopic (exact) mass is 583 g/mol. The van der Waals surface area contributed by atoms with E-state index in [-0.39, 0.29) is 88.8 Å². The Balaban J connectivity index is 1.30. The van der Waals surface area contributed by atoms with E-state index in [4.69, 9.17) is 9.47 Å². The number of halogens is 1. The Hall–Kier alpha value is -3.35. The van der Waals surface area contributed by atoms with Gasteiger partial charge in [-0.15, -0.1) is 0 Å². The fraction of sp³-hybridized carbons (Fsp3) is 0.688. The first-order valence-electron chi connectivity index (χ1n) is 15.0. The van der Waals surface area contributed by atoms with Gasteiger partial charge in [0.25, 0.3) is 5.91 Å². The first kappa shape index (κ1) is 30.1. The SMILES string of the molecule is COc1cc(C#N)c(O[C@H]2CC[C@@](F)(C(=O)O)CC2)cc1C(=O)N[C@@H]1[C@H]2CC[C@H](C2)[C@@H]1C(=O)NCC1C(C)(C)C1(C)C. The highest BCUT2D eigenvalue weighted by atomic mass is 19.1. The summed E-state index contributed by atoms with van der Waals surface area (Å²) in [5, 5.41) is 25.2. The fourth-order valence-corrected chi connectivity index (χ4v) is 7.92. The van der Waals surface area contributed by atoms with E-state index in [2.05, 4.69) is 44.4 Å². The Morgan fingerprint density at radius 3 is 2.26 bits per heavy atom. The molecule has 2 bridgehead atoms. The van der Waals surface area contributed by atoms with Crippen LogP contribution in [0.25, 0.3) is 0 Å². The molecule has 4 aliphatic carbocycles. The third kappa shape index (κ3) is 5.09. The van der Waals surface area contributed by atoms with E-state index >= 15 is 0 Å². The smallest absolute Gasteiger partial charge is 0.341 e. The van der Waals surface area contributed by atoms with Gasteiger partial charge < -0.3 is 25.2 Å². The highest BCUT2D eigenvalue weighted by Gasteiger charge is 2.64. The van der Waals surface area contributed by atoms with E-state index in [1.165, 1.54) is 19.2 Å². The summed E-state index contributed by atoms with van der Waals surface area (Å²) in [5.74, 6) is -1.02. The number of nitriles is 1. The fourth-order valence-electron chi connectivity index (χ4n) is 7.92. The van der Waals surface area contributed by atoms with Gasteiger partial charge in [0.2, 0.25) is 11.6 Å². The van der Waals surface area contributed by atoms with Crippen LogP contribution < -0.4 is 20.1 Å². The van der Waals surface area contributed by atoms with Crippen LogP contribution in [0.2, 0.25) is 0 Å². The van der Waals surface area contributed by atoms with Crippen LogP contribution in [0.1, 0.15) is 88.6 Å². The van der Waals surface area contributed by atoms with Crippen LogP contribution >= 0.6 is 0 Å². The number of rotatable bonds is 9. The van der Waals surface area contributed by atoms with Gasteiger partial charge in [-0.05, 0) is 79.6 Å². The van der Waals surface area contributed by atoms with Crippen molar-refractivity contribution >= 4 is 17.8 Å². The summed E-state index contributed by atoms with van der Waals surface area (Å²) in [4.78, 5) is 38.4. The van der Waals surface area contributed by atoms with Crippen LogP contribution in [0.5, 0.6) is 11.5 Å². The molecule has 0 aromatic heterocycles. The molecule has 0 unspecified atom stereocenters. The summed E-state index contributed by atoms with van der Waals surface area (Å²) >= 11 is 0. The number of aliphatic carboxylic acids is 1. The average molecular weight is 584 g/mol. The maximum Gasteiger partial charge on any atom is 0.341 e. The minimum atomic E-state index is -2.28. The van der Waals surface area contributed by atoms with Crippen molar-refractivity contribution in [2.75, 3.05) is 13.7 Å². The largest absolute Gasteiger partial charge is 0.496 e. The Morgan fingerprint density at radius 2 is 1.69 bits per heavy atom. The number of fused-ring (bicyclic) bond motifs is 2. The Morgan fingerprint density at radius 1 is 1.05 bits per heavy atom. The van der Waals surface area contributed by atoms with Gasteiger partial charge in [0.1, 0.15) is 17.6 Å². The molecule has 4 fully saturated rings. The molecule has 0 aliphatic heterocycles.